The predicted molar refractivity (Wildman–Crippen MR) is 110 cm³/mol. The van der Waals surface area contributed by atoms with Crippen molar-refractivity contribution >= 4 is 40.4 Å². The van der Waals surface area contributed by atoms with Crippen LogP contribution in [-0.4, -0.2) is 9.30 Å². The van der Waals surface area contributed by atoms with Gasteiger partial charge in [-0.3, -0.25) is 0 Å². The van der Waals surface area contributed by atoms with Crippen molar-refractivity contribution in [2.45, 2.75) is 52.4 Å². The minimum Gasteiger partial charge on any atom is -0.507 e. The molecule has 0 radical (unpaired) electrons. The van der Waals surface area contributed by atoms with E-state index in [2.05, 4.69) is 60.2 Å². The molecule has 23 heavy (non-hydrogen) atoms. The molecule has 0 saturated carbocycles. The highest BCUT2D eigenvalue weighted by Gasteiger charge is 2.31. The second kappa shape index (κ2) is 6.23. The third-order valence-corrected chi connectivity index (χ3v) is 5.20. The van der Waals surface area contributed by atoms with E-state index in [4.69, 9.17) is 12.2 Å². The Hall–Kier alpha value is -0.840. The predicted octanol–water partition coefficient (Wildman–Crippen LogP) is 6.32. The highest BCUT2D eigenvalue weighted by atomic mass is 32.1. The lowest BCUT2D eigenvalue weighted by Crippen LogP contribution is -2.20. The van der Waals surface area contributed by atoms with Crippen LogP contribution in [0.15, 0.2) is 23.6 Å². The Morgan fingerprint density at radius 1 is 1.13 bits per heavy atom. The van der Waals surface area contributed by atoms with E-state index in [9.17, 15) is 5.11 Å². The number of thiol groups is 1. The molecular weight excluding hydrogens is 340 g/mol. The van der Waals surface area contributed by atoms with Gasteiger partial charge in [-0.15, -0.1) is 24.0 Å². The van der Waals surface area contributed by atoms with Crippen molar-refractivity contribution in [1.82, 2.24) is 0 Å². The molecule has 1 nitrogen and oxygen atoms in total. The first kappa shape index (κ1) is 18.5. The van der Waals surface area contributed by atoms with Gasteiger partial charge in [-0.25, -0.2) is 0 Å². The lowest BCUT2D eigenvalue weighted by Gasteiger charge is -2.31. The molecule has 2 rings (SSSR count). The van der Waals surface area contributed by atoms with Crippen LogP contribution in [0, 0.1) is 0 Å². The molecule has 1 aromatic heterocycles. The van der Waals surface area contributed by atoms with Gasteiger partial charge in [0.15, 0.2) is 0 Å². The zero-order valence-electron chi connectivity index (χ0n) is 14.5. The number of benzene rings is 1. The summed E-state index contributed by atoms with van der Waals surface area (Å²) in [6.07, 6.45) is 0. The van der Waals surface area contributed by atoms with Gasteiger partial charge in [0.2, 0.25) is 0 Å². The number of hydrogen-bond donors (Lipinski definition) is 2. The zero-order valence-corrected chi connectivity index (χ0v) is 17.0. The molecular formula is C19H24OS3. The molecule has 1 heterocycles. The largest absolute Gasteiger partial charge is 0.507 e. The van der Waals surface area contributed by atoms with Crippen LogP contribution in [0.1, 0.15) is 58.2 Å². The first-order chi connectivity index (χ1) is 10.4. The first-order valence-electron chi connectivity index (χ1n) is 7.62. The summed E-state index contributed by atoms with van der Waals surface area (Å²) in [6.45, 7) is 12.7. The van der Waals surface area contributed by atoms with Gasteiger partial charge in [-0.2, -0.15) is 0 Å². The maximum Gasteiger partial charge on any atom is 0.123 e. The number of thiophene rings is 1. The van der Waals surface area contributed by atoms with Crippen LogP contribution in [0.5, 0.6) is 5.75 Å². The van der Waals surface area contributed by atoms with Gasteiger partial charge in [0, 0.05) is 27.1 Å². The lowest BCUT2D eigenvalue weighted by atomic mass is 9.75. The summed E-state index contributed by atoms with van der Waals surface area (Å²) in [6, 6.07) is 6.10. The third-order valence-electron chi connectivity index (χ3n) is 3.86. The van der Waals surface area contributed by atoms with Crippen LogP contribution in [0.3, 0.4) is 0 Å². The Kier molecular flexibility index (Phi) is 5.01. The molecule has 0 unspecified atom stereocenters. The smallest absolute Gasteiger partial charge is 0.123 e. The van der Waals surface area contributed by atoms with Gasteiger partial charge in [0.1, 0.15) is 5.75 Å². The molecule has 0 fully saturated rings. The molecule has 0 atom stereocenters. The summed E-state index contributed by atoms with van der Waals surface area (Å²) < 4.78 is 0.560. The maximum absolute atomic E-state index is 11.1. The molecule has 0 bridgehead atoms. The van der Waals surface area contributed by atoms with Crippen molar-refractivity contribution < 1.29 is 5.11 Å². The average Bonchev–Trinajstić information content (AvgIpc) is 2.87. The molecule has 0 aliphatic rings. The highest BCUT2D eigenvalue weighted by Crippen LogP contribution is 2.47. The van der Waals surface area contributed by atoms with Crippen molar-refractivity contribution in [3.05, 3.63) is 40.3 Å². The fraction of sp³-hybridized carbons (Fsp3) is 0.421. The van der Waals surface area contributed by atoms with Gasteiger partial charge in [0.05, 0.1) is 4.20 Å². The van der Waals surface area contributed by atoms with Crippen molar-refractivity contribution in [1.29, 1.82) is 0 Å². The molecule has 1 N–H and O–H groups in total. The molecule has 0 saturated heterocycles. The minimum atomic E-state index is -0.210. The van der Waals surface area contributed by atoms with Crippen molar-refractivity contribution in [3.8, 4) is 16.2 Å². The standard InChI is InChI=1S/C19H24OS3/c1-18(2,3)12-10-11(17(21)22)14(13-8-7-9-23-13)15(16(12)20)19(4,5)6/h7-10,20H,1-6H3,(H,21,22). The van der Waals surface area contributed by atoms with Crippen LogP contribution in [-0.2, 0) is 10.8 Å². The topological polar surface area (TPSA) is 20.2 Å². The van der Waals surface area contributed by atoms with Gasteiger partial charge in [-0.05, 0) is 28.3 Å². The van der Waals surface area contributed by atoms with E-state index in [1.165, 1.54) is 0 Å². The van der Waals surface area contributed by atoms with Gasteiger partial charge in [-0.1, -0.05) is 59.8 Å². The summed E-state index contributed by atoms with van der Waals surface area (Å²) in [7, 11) is 0. The third kappa shape index (κ3) is 3.65. The summed E-state index contributed by atoms with van der Waals surface area (Å²) in [4.78, 5) is 1.11. The first-order valence-corrected chi connectivity index (χ1v) is 9.36. The van der Waals surface area contributed by atoms with E-state index >= 15 is 0 Å². The van der Waals surface area contributed by atoms with Crippen molar-refractivity contribution in [3.63, 3.8) is 0 Å². The van der Waals surface area contributed by atoms with Crippen LogP contribution < -0.4 is 0 Å². The van der Waals surface area contributed by atoms with Crippen molar-refractivity contribution in [2.24, 2.45) is 0 Å². The molecule has 2 aromatic rings. The number of aromatic hydroxyl groups is 1. The quantitative estimate of drug-likeness (QED) is 0.480. The summed E-state index contributed by atoms with van der Waals surface area (Å²) >= 11 is 11.5. The normalized spacial score (nSPS) is 12.5. The number of rotatable bonds is 2. The van der Waals surface area contributed by atoms with E-state index in [-0.39, 0.29) is 10.8 Å². The molecule has 0 spiro atoms. The average molecular weight is 365 g/mol. The van der Waals surface area contributed by atoms with Crippen LogP contribution in [0.4, 0.5) is 0 Å². The second-order valence-corrected chi connectivity index (χ2v) is 9.96. The van der Waals surface area contributed by atoms with Crippen molar-refractivity contribution in [2.75, 3.05) is 0 Å². The summed E-state index contributed by atoms with van der Waals surface area (Å²) in [5, 5.41) is 13.1. The lowest BCUT2D eigenvalue weighted by molar-refractivity contribution is 0.424. The monoisotopic (exact) mass is 364 g/mol. The van der Waals surface area contributed by atoms with Crippen LogP contribution in [0.25, 0.3) is 10.4 Å². The molecule has 0 aliphatic heterocycles. The van der Waals surface area contributed by atoms with E-state index in [0.29, 0.717) is 9.95 Å². The Bertz CT molecular complexity index is 729. The Morgan fingerprint density at radius 2 is 1.74 bits per heavy atom. The number of phenols is 1. The van der Waals surface area contributed by atoms with Gasteiger partial charge >= 0.3 is 0 Å². The Labute approximate surface area is 154 Å². The Morgan fingerprint density at radius 3 is 2.13 bits per heavy atom. The maximum atomic E-state index is 11.1. The SMILES string of the molecule is CC(C)(C)c1cc(C(=S)S)c(-c2cccs2)c(C(C)(C)C)c1O. The van der Waals surface area contributed by atoms with E-state index in [1.54, 1.807) is 11.3 Å². The highest BCUT2D eigenvalue weighted by molar-refractivity contribution is 8.11. The fourth-order valence-corrected chi connectivity index (χ4v) is 3.95. The molecule has 4 heteroatoms. The van der Waals surface area contributed by atoms with Gasteiger partial charge < -0.3 is 5.11 Å². The number of thiocarbonyl (C=S) groups is 1. The zero-order chi connectivity index (χ0) is 17.6. The molecule has 0 amide bonds. The van der Waals surface area contributed by atoms with E-state index in [0.717, 1.165) is 27.1 Å². The molecule has 0 aliphatic carbocycles. The van der Waals surface area contributed by atoms with Gasteiger partial charge in [0.25, 0.3) is 0 Å². The van der Waals surface area contributed by atoms with Crippen LogP contribution in [0.2, 0.25) is 0 Å². The van der Waals surface area contributed by atoms with E-state index in [1.807, 2.05) is 17.5 Å². The second-order valence-electron chi connectivity index (χ2n) is 7.85. The summed E-state index contributed by atoms with van der Waals surface area (Å²) in [5.74, 6) is 0.377. The molecule has 1 aromatic carbocycles. The van der Waals surface area contributed by atoms with E-state index < -0.39 is 0 Å². The molecule has 124 valence electrons. The summed E-state index contributed by atoms with van der Waals surface area (Å²) in [5.41, 5.74) is 3.41. The number of hydrogen-bond acceptors (Lipinski definition) is 3. The van der Waals surface area contributed by atoms with Crippen LogP contribution >= 0.6 is 36.2 Å². The minimum absolute atomic E-state index is 0.175. The number of phenolic OH excluding ortho intramolecular Hbond substituents is 1. The fourth-order valence-electron chi connectivity index (χ4n) is 2.82. The Balaban J connectivity index is 3.00.